The molecule has 0 saturated heterocycles. The van der Waals surface area contributed by atoms with E-state index in [2.05, 4.69) is 0 Å². The van der Waals surface area contributed by atoms with Crippen LogP contribution in [0.2, 0.25) is 0 Å². The van der Waals surface area contributed by atoms with Gasteiger partial charge < -0.3 is 10.2 Å². The van der Waals surface area contributed by atoms with Crippen LogP contribution in [0.3, 0.4) is 0 Å². The Kier molecular flexibility index (Phi) is 3.09. The highest BCUT2D eigenvalue weighted by Crippen LogP contribution is 2.32. The number of ketones is 2. The molecule has 0 spiro atoms. The quantitative estimate of drug-likeness (QED) is 0.727. The lowest BCUT2D eigenvalue weighted by atomic mass is 9.88. The Morgan fingerprint density at radius 1 is 1.12 bits per heavy atom. The van der Waals surface area contributed by atoms with Crippen molar-refractivity contribution in [2.24, 2.45) is 11.8 Å². The molecule has 0 heterocycles. The summed E-state index contributed by atoms with van der Waals surface area (Å²) in [6.45, 7) is 1.60. The van der Waals surface area contributed by atoms with Gasteiger partial charge in [0, 0.05) is 11.5 Å². The standard InChI is InChI=1S/C13H14O4/c1-7-9(12(16)13(17)10(7)14)11(15)8-5-3-2-4-6-8/h2-7,9-10,12,14,16H,1H3. The van der Waals surface area contributed by atoms with Gasteiger partial charge in [0.25, 0.3) is 0 Å². The molecular formula is C13H14O4. The molecule has 0 aliphatic heterocycles. The van der Waals surface area contributed by atoms with E-state index >= 15 is 0 Å². The molecule has 0 bridgehead atoms. The maximum atomic E-state index is 12.1. The molecule has 2 N–H and O–H groups in total. The summed E-state index contributed by atoms with van der Waals surface area (Å²) in [4.78, 5) is 23.5. The molecule has 1 aromatic carbocycles. The van der Waals surface area contributed by atoms with Crippen molar-refractivity contribution < 1.29 is 19.8 Å². The molecule has 1 aliphatic carbocycles. The third-order valence-corrected chi connectivity index (χ3v) is 3.35. The van der Waals surface area contributed by atoms with E-state index in [1.54, 1.807) is 37.3 Å². The molecule has 90 valence electrons. The minimum absolute atomic E-state index is 0.296. The van der Waals surface area contributed by atoms with Gasteiger partial charge in [-0.25, -0.2) is 0 Å². The Labute approximate surface area is 98.9 Å². The van der Waals surface area contributed by atoms with E-state index in [9.17, 15) is 19.8 Å². The van der Waals surface area contributed by atoms with Gasteiger partial charge in [-0.15, -0.1) is 0 Å². The monoisotopic (exact) mass is 234 g/mol. The van der Waals surface area contributed by atoms with Crippen molar-refractivity contribution in [2.75, 3.05) is 0 Å². The van der Waals surface area contributed by atoms with Gasteiger partial charge in [0.15, 0.2) is 11.6 Å². The van der Waals surface area contributed by atoms with Crippen LogP contribution in [0.15, 0.2) is 30.3 Å². The molecule has 1 aromatic rings. The minimum Gasteiger partial charge on any atom is -0.385 e. The fourth-order valence-electron chi connectivity index (χ4n) is 2.27. The second-order valence-electron chi connectivity index (χ2n) is 4.41. The number of benzene rings is 1. The maximum absolute atomic E-state index is 12.1. The molecule has 17 heavy (non-hydrogen) atoms. The molecule has 1 saturated carbocycles. The van der Waals surface area contributed by atoms with Gasteiger partial charge in [0.1, 0.15) is 12.2 Å². The van der Waals surface area contributed by atoms with Crippen molar-refractivity contribution in [1.29, 1.82) is 0 Å². The lowest BCUT2D eigenvalue weighted by Gasteiger charge is -2.16. The molecule has 4 atom stereocenters. The number of aliphatic hydroxyl groups is 2. The summed E-state index contributed by atoms with van der Waals surface area (Å²) in [6.07, 6.45) is -2.64. The fourth-order valence-corrected chi connectivity index (χ4v) is 2.27. The Morgan fingerprint density at radius 3 is 2.18 bits per heavy atom. The van der Waals surface area contributed by atoms with Crippen LogP contribution in [-0.4, -0.2) is 34.0 Å². The average molecular weight is 234 g/mol. The van der Waals surface area contributed by atoms with E-state index in [0.717, 1.165) is 0 Å². The molecule has 1 aliphatic rings. The fraction of sp³-hybridized carbons (Fsp3) is 0.385. The van der Waals surface area contributed by atoms with E-state index < -0.39 is 29.8 Å². The van der Waals surface area contributed by atoms with Gasteiger partial charge in [-0.05, 0) is 0 Å². The van der Waals surface area contributed by atoms with Gasteiger partial charge in [0.2, 0.25) is 0 Å². The number of carbonyl (C=O) groups is 2. The number of aliphatic hydroxyl groups excluding tert-OH is 2. The molecule has 0 amide bonds. The Balaban J connectivity index is 2.30. The SMILES string of the molecule is CC1C(O)C(=O)C(O)C1C(=O)c1ccccc1. The molecule has 0 radical (unpaired) electrons. The van der Waals surface area contributed by atoms with E-state index in [1.807, 2.05) is 0 Å². The maximum Gasteiger partial charge on any atom is 0.190 e. The zero-order chi connectivity index (χ0) is 12.6. The van der Waals surface area contributed by atoms with Crippen LogP contribution in [0.5, 0.6) is 0 Å². The highest BCUT2D eigenvalue weighted by atomic mass is 16.3. The van der Waals surface area contributed by atoms with Crippen LogP contribution < -0.4 is 0 Å². The second kappa shape index (κ2) is 4.39. The number of carbonyl (C=O) groups excluding carboxylic acids is 2. The van der Waals surface area contributed by atoms with Gasteiger partial charge >= 0.3 is 0 Å². The summed E-state index contributed by atoms with van der Waals surface area (Å²) in [5.41, 5.74) is 0.449. The predicted octanol–water partition coefficient (Wildman–Crippen LogP) is 0.426. The van der Waals surface area contributed by atoms with Crippen LogP contribution >= 0.6 is 0 Å². The van der Waals surface area contributed by atoms with Crippen molar-refractivity contribution in [3.05, 3.63) is 35.9 Å². The molecular weight excluding hydrogens is 220 g/mol. The lowest BCUT2D eigenvalue weighted by Crippen LogP contribution is -2.30. The molecule has 0 aromatic heterocycles. The summed E-state index contributed by atoms with van der Waals surface area (Å²) >= 11 is 0. The first-order valence-electron chi connectivity index (χ1n) is 5.53. The number of hydrogen-bond donors (Lipinski definition) is 2. The zero-order valence-corrected chi connectivity index (χ0v) is 9.41. The van der Waals surface area contributed by atoms with E-state index in [0.29, 0.717) is 5.56 Å². The lowest BCUT2D eigenvalue weighted by molar-refractivity contribution is -0.131. The van der Waals surface area contributed by atoms with Crippen molar-refractivity contribution in [3.63, 3.8) is 0 Å². The molecule has 4 unspecified atom stereocenters. The highest BCUT2D eigenvalue weighted by molar-refractivity contribution is 6.04. The minimum atomic E-state index is -1.40. The van der Waals surface area contributed by atoms with Crippen molar-refractivity contribution >= 4 is 11.6 Å². The van der Waals surface area contributed by atoms with Crippen LogP contribution in [0.4, 0.5) is 0 Å². The summed E-state index contributed by atoms with van der Waals surface area (Å²) in [7, 11) is 0. The predicted molar refractivity (Wildman–Crippen MR) is 60.4 cm³/mol. The summed E-state index contributed by atoms with van der Waals surface area (Å²) in [6, 6.07) is 8.49. The van der Waals surface area contributed by atoms with Crippen molar-refractivity contribution in [3.8, 4) is 0 Å². The zero-order valence-electron chi connectivity index (χ0n) is 9.41. The van der Waals surface area contributed by atoms with Gasteiger partial charge in [-0.1, -0.05) is 37.3 Å². The van der Waals surface area contributed by atoms with E-state index in [-0.39, 0.29) is 5.78 Å². The topological polar surface area (TPSA) is 74.6 Å². The van der Waals surface area contributed by atoms with Crippen molar-refractivity contribution in [1.82, 2.24) is 0 Å². The smallest absolute Gasteiger partial charge is 0.190 e. The third-order valence-electron chi connectivity index (χ3n) is 3.35. The first-order valence-corrected chi connectivity index (χ1v) is 5.53. The number of rotatable bonds is 2. The Morgan fingerprint density at radius 2 is 1.71 bits per heavy atom. The largest absolute Gasteiger partial charge is 0.385 e. The van der Waals surface area contributed by atoms with Crippen LogP contribution in [0, 0.1) is 11.8 Å². The van der Waals surface area contributed by atoms with Crippen LogP contribution in [0.1, 0.15) is 17.3 Å². The summed E-state index contributed by atoms with van der Waals surface area (Å²) in [5, 5.41) is 19.2. The van der Waals surface area contributed by atoms with E-state index in [1.165, 1.54) is 0 Å². The Hall–Kier alpha value is -1.52. The average Bonchev–Trinajstić information content (AvgIpc) is 2.54. The summed E-state index contributed by atoms with van der Waals surface area (Å²) in [5.74, 6) is -2.35. The highest BCUT2D eigenvalue weighted by Gasteiger charge is 2.49. The van der Waals surface area contributed by atoms with Crippen LogP contribution in [-0.2, 0) is 4.79 Å². The molecule has 2 rings (SSSR count). The van der Waals surface area contributed by atoms with Gasteiger partial charge in [-0.3, -0.25) is 9.59 Å². The van der Waals surface area contributed by atoms with Gasteiger partial charge in [0.05, 0.1) is 5.92 Å². The number of Topliss-reactive ketones (excluding diaryl/α,β-unsaturated/α-hetero) is 2. The van der Waals surface area contributed by atoms with E-state index in [4.69, 9.17) is 0 Å². The molecule has 4 nitrogen and oxygen atoms in total. The van der Waals surface area contributed by atoms with Gasteiger partial charge in [-0.2, -0.15) is 0 Å². The normalized spacial score (nSPS) is 32.8. The van der Waals surface area contributed by atoms with Crippen LogP contribution in [0.25, 0.3) is 0 Å². The third kappa shape index (κ3) is 1.90. The first-order chi connectivity index (χ1) is 8.04. The molecule has 4 heteroatoms. The first kappa shape index (κ1) is 12.0. The van der Waals surface area contributed by atoms with Crippen molar-refractivity contribution in [2.45, 2.75) is 19.1 Å². The second-order valence-corrected chi connectivity index (χ2v) is 4.41. The molecule has 1 fully saturated rings. The Bertz CT molecular complexity index is 440. The number of hydrogen-bond acceptors (Lipinski definition) is 4. The summed E-state index contributed by atoms with van der Waals surface area (Å²) < 4.78 is 0.